The molecule has 1 heterocycles. The van der Waals surface area contributed by atoms with Crippen molar-refractivity contribution in [2.75, 3.05) is 0 Å². The number of nitrogens with one attached hydrogen (secondary N) is 2. The molecule has 0 radical (unpaired) electrons. The monoisotopic (exact) mass is 231 g/mol. The van der Waals surface area contributed by atoms with Crippen LogP contribution in [0.25, 0.3) is 0 Å². The van der Waals surface area contributed by atoms with Crippen LogP contribution in [0, 0.1) is 0 Å². The molecule has 2 aromatic rings. The number of H-pyrrole nitrogens is 1. The van der Waals surface area contributed by atoms with Crippen LogP contribution in [-0.4, -0.2) is 21.0 Å². The van der Waals surface area contributed by atoms with E-state index in [4.69, 9.17) is 5.11 Å². The molecular weight excluding hydrogens is 218 g/mol. The summed E-state index contributed by atoms with van der Waals surface area (Å²) in [4.78, 5) is 18.8. The van der Waals surface area contributed by atoms with Gasteiger partial charge in [0.25, 0.3) is 5.91 Å². The van der Waals surface area contributed by atoms with Gasteiger partial charge in [-0.1, -0.05) is 0 Å². The Morgan fingerprint density at radius 3 is 2.71 bits per heavy atom. The molecule has 0 spiro atoms. The van der Waals surface area contributed by atoms with Crippen molar-refractivity contribution in [3.8, 4) is 5.75 Å². The highest BCUT2D eigenvalue weighted by Gasteiger charge is 2.12. The zero-order valence-electron chi connectivity index (χ0n) is 9.34. The Morgan fingerprint density at radius 1 is 1.41 bits per heavy atom. The van der Waals surface area contributed by atoms with Gasteiger partial charge in [0.2, 0.25) is 0 Å². The Morgan fingerprint density at radius 2 is 2.12 bits per heavy atom. The van der Waals surface area contributed by atoms with E-state index in [0.29, 0.717) is 11.4 Å². The zero-order valence-corrected chi connectivity index (χ0v) is 9.34. The minimum absolute atomic E-state index is 0.139. The maximum absolute atomic E-state index is 11.8. The standard InChI is InChI=1S/C12H13N3O2/c1-8(11-13-6-7-14-11)15-12(17)9-2-4-10(16)5-3-9/h2-8,16H,1H3,(H,13,14)(H,15,17). The maximum atomic E-state index is 11.8. The number of rotatable bonds is 3. The number of aromatic nitrogens is 2. The fourth-order valence-electron chi connectivity index (χ4n) is 1.48. The summed E-state index contributed by atoms with van der Waals surface area (Å²) in [6, 6.07) is 5.91. The van der Waals surface area contributed by atoms with Crippen LogP contribution in [0.15, 0.2) is 36.7 Å². The molecule has 1 unspecified atom stereocenters. The van der Waals surface area contributed by atoms with E-state index in [1.165, 1.54) is 12.1 Å². The highest BCUT2D eigenvalue weighted by Crippen LogP contribution is 2.11. The third-order valence-corrected chi connectivity index (χ3v) is 2.41. The molecule has 0 aliphatic heterocycles. The summed E-state index contributed by atoms with van der Waals surface area (Å²) >= 11 is 0. The summed E-state index contributed by atoms with van der Waals surface area (Å²) in [7, 11) is 0. The van der Waals surface area contributed by atoms with E-state index in [0.717, 1.165) is 0 Å². The van der Waals surface area contributed by atoms with Crippen molar-refractivity contribution in [3.63, 3.8) is 0 Å². The number of imidazole rings is 1. The van der Waals surface area contributed by atoms with Gasteiger partial charge in [-0.15, -0.1) is 0 Å². The quantitative estimate of drug-likeness (QED) is 0.750. The first-order valence-corrected chi connectivity index (χ1v) is 5.26. The molecule has 0 bridgehead atoms. The molecule has 3 N–H and O–H groups in total. The number of benzene rings is 1. The van der Waals surface area contributed by atoms with Gasteiger partial charge in [-0.05, 0) is 31.2 Å². The van der Waals surface area contributed by atoms with Crippen molar-refractivity contribution in [3.05, 3.63) is 48.0 Å². The van der Waals surface area contributed by atoms with Crippen LogP contribution in [-0.2, 0) is 0 Å². The first-order chi connectivity index (χ1) is 8.16. The SMILES string of the molecule is CC(NC(=O)c1ccc(O)cc1)c1ncc[nH]1. The molecule has 0 fully saturated rings. The predicted molar refractivity (Wildman–Crippen MR) is 62.6 cm³/mol. The van der Waals surface area contributed by atoms with Crippen LogP contribution in [0.3, 0.4) is 0 Å². The van der Waals surface area contributed by atoms with Crippen molar-refractivity contribution in [1.82, 2.24) is 15.3 Å². The van der Waals surface area contributed by atoms with E-state index in [1.54, 1.807) is 24.5 Å². The average Bonchev–Trinajstić information content (AvgIpc) is 2.83. The Hall–Kier alpha value is -2.30. The Balaban J connectivity index is 2.04. The number of carbonyl (C=O) groups excluding carboxylic acids is 1. The van der Waals surface area contributed by atoms with Gasteiger partial charge in [0, 0.05) is 18.0 Å². The number of phenolic OH excluding ortho intramolecular Hbond substituents is 1. The van der Waals surface area contributed by atoms with Crippen molar-refractivity contribution in [2.24, 2.45) is 0 Å². The molecule has 1 amide bonds. The largest absolute Gasteiger partial charge is 0.508 e. The number of carbonyl (C=O) groups is 1. The summed E-state index contributed by atoms with van der Waals surface area (Å²) < 4.78 is 0. The number of hydrogen-bond donors (Lipinski definition) is 3. The smallest absolute Gasteiger partial charge is 0.251 e. The van der Waals surface area contributed by atoms with Crippen LogP contribution in [0.4, 0.5) is 0 Å². The Kier molecular flexibility index (Phi) is 3.09. The highest BCUT2D eigenvalue weighted by molar-refractivity contribution is 5.94. The summed E-state index contributed by atoms with van der Waals surface area (Å²) in [6.45, 7) is 1.84. The molecule has 17 heavy (non-hydrogen) atoms. The van der Waals surface area contributed by atoms with E-state index >= 15 is 0 Å². The first-order valence-electron chi connectivity index (χ1n) is 5.26. The predicted octanol–water partition coefficient (Wildman–Crippen LogP) is 1.61. The molecule has 1 aromatic heterocycles. The summed E-state index contributed by atoms with van der Waals surface area (Å²) in [5.41, 5.74) is 0.501. The third kappa shape index (κ3) is 2.63. The molecule has 1 atom stereocenters. The molecule has 0 aliphatic rings. The van der Waals surface area contributed by atoms with E-state index in [2.05, 4.69) is 15.3 Å². The van der Waals surface area contributed by atoms with E-state index in [-0.39, 0.29) is 17.7 Å². The highest BCUT2D eigenvalue weighted by atomic mass is 16.3. The second-order valence-electron chi connectivity index (χ2n) is 3.72. The number of nitrogens with zero attached hydrogens (tertiary/aromatic N) is 1. The topological polar surface area (TPSA) is 78.0 Å². The Bertz CT molecular complexity index is 491. The van der Waals surface area contributed by atoms with Crippen molar-refractivity contribution >= 4 is 5.91 Å². The van der Waals surface area contributed by atoms with E-state index in [1.807, 2.05) is 6.92 Å². The second kappa shape index (κ2) is 4.69. The van der Waals surface area contributed by atoms with Gasteiger partial charge in [0.1, 0.15) is 11.6 Å². The number of amides is 1. The van der Waals surface area contributed by atoms with Crippen molar-refractivity contribution in [2.45, 2.75) is 13.0 Å². The molecule has 0 saturated heterocycles. The van der Waals surface area contributed by atoms with Gasteiger partial charge < -0.3 is 15.4 Å². The normalized spacial score (nSPS) is 12.1. The lowest BCUT2D eigenvalue weighted by molar-refractivity contribution is 0.0938. The number of hydrogen-bond acceptors (Lipinski definition) is 3. The zero-order chi connectivity index (χ0) is 12.3. The van der Waals surface area contributed by atoms with Gasteiger partial charge in [-0.3, -0.25) is 4.79 Å². The van der Waals surface area contributed by atoms with Gasteiger partial charge in [-0.25, -0.2) is 4.98 Å². The molecule has 2 rings (SSSR count). The minimum atomic E-state index is -0.200. The van der Waals surface area contributed by atoms with Gasteiger partial charge in [-0.2, -0.15) is 0 Å². The molecule has 88 valence electrons. The van der Waals surface area contributed by atoms with Crippen LogP contribution < -0.4 is 5.32 Å². The maximum Gasteiger partial charge on any atom is 0.251 e. The third-order valence-electron chi connectivity index (χ3n) is 2.41. The number of phenols is 1. The van der Waals surface area contributed by atoms with Gasteiger partial charge in [0.15, 0.2) is 0 Å². The van der Waals surface area contributed by atoms with E-state index < -0.39 is 0 Å². The molecule has 0 aliphatic carbocycles. The summed E-state index contributed by atoms with van der Waals surface area (Å²) in [5, 5.41) is 11.9. The van der Waals surface area contributed by atoms with Crippen LogP contribution in [0.1, 0.15) is 29.1 Å². The van der Waals surface area contributed by atoms with Crippen LogP contribution in [0.2, 0.25) is 0 Å². The van der Waals surface area contributed by atoms with Crippen LogP contribution in [0.5, 0.6) is 5.75 Å². The number of aromatic hydroxyl groups is 1. The molecule has 5 nitrogen and oxygen atoms in total. The minimum Gasteiger partial charge on any atom is -0.508 e. The number of aromatic amines is 1. The fourth-order valence-corrected chi connectivity index (χ4v) is 1.48. The molecule has 5 heteroatoms. The second-order valence-corrected chi connectivity index (χ2v) is 3.72. The molecular formula is C12H13N3O2. The van der Waals surface area contributed by atoms with Gasteiger partial charge >= 0.3 is 0 Å². The lowest BCUT2D eigenvalue weighted by Gasteiger charge is -2.11. The average molecular weight is 231 g/mol. The lowest BCUT2D eigenvalue weighted by Crippen LogP contribution is -2.27. The van der Waals surface area contributed by atoms with Crippen molar-refractivity contribution < 1.29 is 9.90 Å². The summed E-state index contributed by atoms with van der Waals surface area (Å²) in [5.74, 6) is 0.645. The van der Waals surface area contributed by atoms with E-state index in [9.17, 15) is 4.79 Å². The Labute approximate surface area is 98.5 Å². The van der Waals surface area contributed by atoms with Crippen molar-refractivity contribution in [1.29, 1.82) is 0 Å². The fraction of sp³-hybridized carbons (Fsp3) is 0.167. The summed E-state index contributed by atoms with van der Waals surface area (Å²) in [6.07, 6.45) is 3.34. The first kappa shape index (κ1) is 11.2. The molecule has 0 saturated carbocycles. The van der Waals surface area contributed by atoms with Gasteiger partial charge in [0.05, 0.1) is 6.04 Å². The molecule has 1 aromatic carbocycles. The lowest BCUT2D eigenvalue weighted by atomic mass is 10.2. The van der Waals surface area contributed by atoms with Crippen LogP contribution >= 0.6 is 0 Å².